The average molecular weight is 301 g/mol. The van der Waals surface area contributed by atoms with Crippen LogP contribution < -0.4 is 10.6 Å². The van der Waals surface area contributed by atoms with E-state index in [1.54, 1.807) is 0 Å². The van der Waals surface area contributed by atoms with Crippen LogP contribution in [0, 0.1) is 0 Å². The Hall–Kier alpha value is -1.59. The van der Waals surface area contributed by atoms with Crippen LogP contribution in [0.4, 0.5) is 11.4 Å². The zero-order chi connectivity index (χ0) is 15.0. The van der Waals surface area contributed by atoms with E-state index >= 15 is 0 Å². The Morgan fingerprint density at radius 1 is 1.18 bits per heavy atom. The minimum atomic E-state index is -0.444. The van der Waals surface area contributed by atoms with Crippen LogP contribution in [0.5, 0.6) is 0 Å². The second-order valence-corrected chi connectivity index (χ2v) is 6.61. The highest BCUT2D eigenvalue weighted by Gasteiger charge is 2.45. The number of hydrogen-bond donors (Lipinski definition) is 2. The van der Waals surface area contributed by atoms with E-state index in [0.29, 0.717) is 6.04 Å². The molecule has 3 heterocycles. The summed E-state index contributed by atoms with van der Waals surface area (Å²) in [4.78, 5) is 15.1. The maximum Gasteiger partial charge on any atom is 0.250 e. The first-order valence-electron chi connectivity index (χ1n) is 8.27. The number of benzene rings is 1. The fourth-order valence-electron chi connectivity index (χ4n) is 3.89. The summed E-state index contributed by atoms with van der Waals surface area (Å²) in [6, 6.07) is 8.47. The number of carbonyl (C=O) groups is 1. The van der Waals surface area contributed by atoms with Gasteiger partial charge >= 0.3 is 0 Å². The molecular formula is C17H23N3O2. The minimum absolute atomic E-state index is 0.116. The molecule has 1 amide bonds. The number of carbonyl (C=O) groups excluding carboxylic acids is 1. The molecule has 1 atom stereocenters. The molecule has 3 aliphatic heterocycles. The highest BCUT2D eigenvalue weighted by molar-refractivity contribution is 6.06. The third-order valence-electron chi connectivity index (χ3n) is 5.29. The quantitative estimate of drug-likeness (QED) is 0.834. The van der Waals surface area contributed by atoms with Gasteiger partial charge in [0.05, 0.1) is 18.0 Å². The van der Waals surface area contributed by atoms with Crippen LogP contribution in [-0.2, 0) is 9.53 Å². The van der Waals surface area contributed by atoms with E-state index in [1.165, 1.54) is 6.42 Å². The number of rotatable bonds is 1. The van der Waals surface area contributed by atoms with Crippen LogP contribution in [0.2, 0.25) is 0 Å². The van der Waals surface area contributed by atoms with Crippen molar-refractivity contribution in [3.8, 4) is 0 Å². The molecule has 0 aliphatic carbocycles. The standard InChI is InChI=1S/C17H23N3O2/c21-16-17(19-15-6-2-1-5-14(15)18-16)7-9-20(10-8-17)13-4-3-11-22-12-13/h1-2,5-6,13,19H,3-4,7-12H2,(H,18,21)/t13-/m0/s1. The summed E-state index contributed by atoms with van der Waals surface area (Å²) in [6.45, 7) is 3.65. The topological polar surface area (TPSA) is 53.6 Å². The third kappa shape index (κ3) is 2.38. The molecule has 1 spiro atoms. The van der Waals surface area contributed by atoms with E-state index in [9.17, 15) is 4.79 Å². The minimum Gasteiger partial charge on any atom is -0.380 e. The number of likely N-dealkylation sites (tertiary alicyclic amines) is 1. The van der Waals surface area contributed by atoms with Crippen molar-refractivity contribution in [2.75, 3.05) is 36.9 Å². The van der Waals surface area contributed by atoms with E-state index in [4.69, 9.17) is 4.74 Å². The van der Waals surface area contributed by atoms with Crippen molar-refractivity contribution in [2.24, 2.45) is 0 Å². The number of piperidine rings is 1. The van der Waals surface area contributed by atoms with Crippen LogP contribution in [0.3, 0.4) is 0 Å². The molecule has 2 N–H and O–H groups in total. The second kappa shape index (κ2) is 5.56. The van der Waals surface area contributed by atoms with Gasteiger partial charge in [-0.1, -0.05) is 12.1 Å². The predicted molar refractivity (Wildman–Crippen MR) is 86.1 cm³/mol. The fraction of sp³-hybridized carbons (Fsp3) is 0.588. The van der Waals surface area contributed by atoms with Gasteiger partial charge in [-0.05, 0) is 37.8 Å². The fourth-order valence-corrected chi connectivity index (χ4v) is 3.89. The van der Waals surface area contributed by atoms with Gasteiger partial charge in [0.15, 0.2) is 0 Å². The van der Waals surface area contributed by atoms with Crippen LogP contribution in [0.25, 0.3) is 0 Å². The van der Waals surface area contributed by atoms with Crippen LogP contribution in [0.1, 0.15) is 25.7 Å². The first kappa shape index (κ1) is 14.0. The lowest BCUT2D eigenvalue weighted by molar-refractivity contribution is -0.122. The van der Waals surface area contributed by atoms with Gasteiger partial charge in [0.25, 0.3) is 0 Å². The molecule has 0 unspecified atom stereocenters. The summed E-state index contributed by atoms with van der Waals surface area (Å²) in [7, 11) is 0. The van der Waals surface area contributed by atoms with Crippen LogP contribution in [-0.4, -0.2) is 48.7 Å². The number of ether oxygens (including phenoxy) is 1. The van der Waals surface area contributed by atoms with Crippen LogP contribution >= 0.6 is 0 Å². The van der Waals surface area contributed by atoms with Gasteiger partial charge in [-0.2, -0.15) is 0 Å². The van der Waals surface area contributed by atoms with Gasteiger partial charge in [0.1, 0.15) is 5.54 Å². The molecule has 2 saturated heterocycles. The summed E-state index contributed by atoms with van der Waals surface area (Å²) in [5, 5.41) is 6.59. The number of anilines is 2. The average Bonchev–Trinajstić information content (AvgIpc) is 2.57. The lowest BCUT2D eigenvalue weighted by Crippen LogP contribution is -2.60. The Morgan fingerprint density at radius 2 is 1.95 bits per heavy atom. The molecule has 1 aromatic rings. The van der Waals surface area contributed by atoms with Crippen molar-refractivity contribution in [3.63, 3.8) is 0 Å². The number of fused-ring (bicyclic) bond motifs is 1. The van der Waals surface area contributed by atoms with Crippen molar-refractivity contribution in [1.82, 2.24) is 4.90 Å². The number of para-hydroxylation sites is 2. The molecule has 1 aromatic carbocycles. The van der Waals surface area contributed by atoms with E-state index in [1.807, 2.05) is 24.3 Å². The summed E-state index contributed by atoms with van der Waals surface area (Å²) < 4.78 is 5.60. The van der Waals surface area contributed by atoms with E-state index in [2.05, 4.69) is 15.5 Å². The Morgan fingerprint density at radius 3 is 2.68 bits per heavy atom. The number of nitrogens with one attached hydrogen (secondary N) is 2. The first-order chi connectivity index (χ1) is 10.8. The largest absolute Gasteiger partial charge is 0.380 e. The Kier molecular flexibility index (Phi) is 3.54. The van der Waals surface area contributed by atoms with E-state index < -0.39 is 5.54 Å². The van der Waals surface area contributed by atoms with E-state index in [0.717, 1.165) is 56.9 Å². The molecule has 0 saturated carbocycles. The zero-order valence-electron chi connectivity index (χ0n) is 12.8. The first-order valence-corrected chi connectivity index (χ1v) is 8.27. The number of hydrogen-bond acceptors (Lipinski definition) is 4. The van der Waals surface area contributed by atoms with Crippen LogP contribution in [0.15, 0.2) is 24.3 Å². The SMILES string of the molecule is O=C1Nc2ccccc2NC12CCN([C@H]1CCCOC1)CC2. The van der Waals surface area contributed by atoms with Crippen molar-refractivity contribution >= 4 is 17.3 Å². The molecule has 5 heteroatoms. The zero-order valence-corrected chi connectivity index (χ0v) is 12.8. The molecule has 0 aromatic heterocycles. The van der Waals surface area contributed by atoms with Gasteiger partial charge in [0.2, 0.25) is 5.91 Å². The maximum absolute atomic E-state index is 12.6. The number of amides is 1. The van der Waals surface area contributed by atoms with Crippen molar-refractivity contribution in [3.05, 3.63) is 24.3 Å². The lowest BCUT2D eigenvalue weighted by atomic mass is 9.83. The summed E-state index contributed by atoms with van der Waals surface area (Å²) in [5.41, 5.74) is 1.48. The predicted octanol–water partition coefficient (Wildman–Crippen LogP) is 2.06. The van der Waals surface area contributed by atoms with Gasteiger partial charge in [0, 0.05) is 25.7 Å². The molecule has 4 rings (SSSR count). The van der Waals surface area contributed by atoms with Crippen molar-refractivity contribution in [1.29, 1.82) is 0 Å². The summed E-state index contributed by atoms with van der Waals surface area (Å²) in [5.74, 6) is 0.116. The monoisotopic (exact) mass is 301 g/mol. The second-order valence-electron chi connectivity index (χ2n) is 6.61. The Bertz CT molecular complexity index is 561. The molecule has 22 heavy (non-hydrogen) atoms. The van der Waals surface area contributed by atoms with Gasteiger partial charge in [-0.3, -0.25) is 9.69 Å². The van der Waals surface area contributed by atoms with Gasteiger partial charge in [-0.25, -0.2) is 0 Å². The highest BCUT2D eigenvalue weighted by atomic mass is 16.5. The van der Waals surface area contributed by atoms with Gasteiger partial charge < -0.3 is 15.4 Å². The molecule has 5 nitrogen and oxygen atoms in total. The summed E-state index contributed by atoms with van der Waals surface area (Å²) >= 11 is 0. The Balaban J connectivity index is 1.47. The molecule has 3 aliphatic rings. The Labute approximate surface area is 131 Å². The summed E-state index contributed by atoms with van der Waals surface area (Å²) in [6.07, 6.45) is 4.07. The van der Waals surface area contributed by atoms with Gasteiger partial charge in [-0.15, -0.1) is 0 Å². The molecule has 0 radical (unpaired) electrons. The van der Waals surface area contributed by atoms with Crippen molar-refractivity contribution in [2.45, 2.75) is 37.3 Å². The molecule has 118 valence electrons. The molecule has 0 bridgehead atoms. The lowest BCUT2D eigenvalue weighted by Gasteiger charge is -2.46. The maximum atomic E-state index is 12.6. The van der Waals surface area contributed by atoms with E-state index in [-0.39, 0.29) is 5.91 Å². The highest BCUT2D eigenvalue weighted by Crippen LogP contribution is 2.36. The van der Waals surface area contributed by atoms with Crippen molar-refractivity contribution < 1.29 is 9.53 Å². The molecular weight excluding hydrogens is 278 g/mol. The number of nitrogens with zero attached hydrogens (tertiary/aromatic N) is 1. The third-order valence-corrected chi connectivity index (χ3v) is 5.29. The molecule has 2 fully saturated rings. The normalized spacial score (nSPS) is 27.8. The smallest absolute Gasteiger partial charge is 0.250 e.